The number of aromatic nitrogens is 3. The van der Waals surface area contributed by atoms with Gasteiger partial charge in [-0.2, -0.15) is 10.5 Å². The first-order chi connectivity index (χ1) is 30.2. The number of rotatable bonds is 3. The summed E-state index contributed by atoms with van der Waals surface area (Å²) in [5.74, 6) is 0. The van der Waals surface area contributed by atoms with Gasteiger partial charge in [0.15, 0.2) is 0 Å². The van der Waals surface area contributed by atoms with Gasteiger partial charge in [-0.25, -0.2) is 0 Å². The van der Waals surface area contributed by atoms with E-state index in [2.05, 4.69) is 202 Å². The standard InChI is InChI=1S/C56H31N5/c57-32-37-31-51(59-45-22-10-7-19-41(45)52-38-16-4-1-13-34(38)25-28-48(52)59)44(33-58)56(61-47-24-12-9-21-43(47)54-40-18-6-3-15-36(40)27-30-50(54)61)55(37)60-46-23-11-8-20-42(46)53-39-17-5-2-14-35(39)26-29-49(53)60/h1-31H. The van der Waals surface area contributed by atoms with Crippen molar-refractivity contribution in [3.8, 4) is 29.2 Å². The normalized spacial score (nSPS) is 11.9. The van der Waals surface area contributed by atoms with Gasteiger partial charge in [0.05, 0.1) is 55.7 Å². The van der Waals surface area contributed by atoms with Crippen molar-refractivity contribution in [2.24, 2.45) is 0 Å². The van der Waals surface area contributed by atoms with Crippen LogP contribution in [0.1, 0.15) is 11.1 Å². The molecule has 0 saturated carbocycles. The van der Waals surface area contributed by atoms with Crippen molar-refractivity contribution in [1.29, 1.82) is 10.5 Å². The van der Waals surface area contributed by atoms with E-state index in [0.717, 1.165) is 97.7 Å². The van der Waals surface area contributed by atoms with E-state index in [1.807, 2.05) is 12.1 Å². The zero-order valence-electron chi connectivity index (χ0n) is 32.6. The molecule has 61 heavy (non-hydrogen) atoms. The van der Waals surface area contributed by atoms with Crippen molar-refractivity contribution in [3.63, 3.8) is 0 Å². The van der Waals surface area contributed by atoms with Crippen LogP contribution in [0.4, 0.5) is 0 Å². The second kappa shape index (κ2) is 12.4. The topological polar surface area (TPSA) is 62.4 Å². The number of para-hydroxylation sites is 3. The molecule has 0 saturated heterocycles. The minimum absolute atomic E-state index is 0.457. The van der Waals surface area contributed by atoms with Gasteiger partial charge in [-0.3, -0.25) is 0 Å². The third kappa shape index (κ3) is 4.41. The zero-order valence-corrected chi connectivity index (χ0v) is 32.6. The number of hydrogen-bond donors (Lipinski definition) is 0. The molecule has 0 radical (unpaired) electrons. The molecule has 0 aliphatic heterocycles. The summed E-state index contributed by atoms with van der Waals surface area (Å²) >= 11 is 0. The van der Waals surface area contributed by atoms with Gasteiger partial charge in [-0.15, -0.1) is 0 Å². The van der Waals surface area contributed by atoms with E-state index in [0.29, 0.717) is 28.2 Å². The Morgan fingerprint density at radius 2 is 0.672 bits per heavy atom. The predicted octanol–water partition coefficient (Wildman–Crippen LogP) is 14.2. The van der Waals surface area contributed by atoms with E-state index >= 15 is 0 Å². The van der Waals surface area contributed by atoms with Crippen LogP contribution in [0.2, 0.25) is 0 Å². The average Bonchev–Trinajstić information content (AvgIpc) is 3.97. The van der Waals surface area contributed by atoms with Crippen LogP contribution in [0.15, 0.2) is 188 Å². The van der Waals surface area contributed by atoms with Gasteiger partial charge in [-0.05, 0) is 74.8 Å². The number of hydrogen-bond acceptors (Lipinski definition) is 2. The Balaban J connectivity index is 1.29. The third-order valence-electron chi connectivity index (χ3n) is 12.9. The number of nitriles is 2. The van der Waals surface area contributed by atoms with E-state index in [1.54, 1.807) is 0 Å². The van der Waals surface area contributed by atoms with Crippen molar-refractivity contribution < 1.29 is 0 Å². The SMILES string of the molecule is N#Cc1cc(-n2c3ccccc3c3c4ccccc4ccc32)c(C#N)c(-n2c3ccccc3c3c4ccccc4ccc32)c1-n1c2ccccc2c2c3ccccc3ccc21. The molecule has 0 unspecified atom stereocenters. The minimum atomic E-state index is 0.457. The van der Waals surface area contributed by atoms with Crippen LogP contribution >= 0.6 is 0 Å². The van der Waals surface area contributed by atoms with E-state index in [1.165, 1.54) is 0 Å². The summed E-state index contributed by atoms with van der Waals surface area (Å²) in [6.07, 6.45) is 0. The molecule has 13 aromatic rings. The van der Waals surface area contributed by atoms with Gasteiger partial charge in [0.25, 0.3) is 0 Å². The molecule has 280 valence electrons. The first-order valence-electron chi connectivity index (χ1n) is 20.5. The lowest BCUT2D eigenvalue weighted by atomic mass is 10.0. The predicted molar refractivity (Wildman–Crippen MR) is 251 cm³/mol. The van der Waals surface area contributed by atoms with Gasteiger partial charge < -0.3 is 13.7 Å². The number of nitrogens with zero attached hydrogens (tertiary/aromatic N) is 5. The molecule has 0 amide bonds. The van der Waals surface area contributed by atoms with Crippen LogP contribution in [-0.2, 0) is 0 Å². The maximum Gasteiger partial charge on any atom is 0.104 e. The monoisotopic (exact) mass is 773 g/mol. The average molecular weight is 774 g/mol. The van der Waals surface area contributed by atoms with Crippen LogP contribution in [0.5, 0.6) is 0 Å². The Morgan fingerprint density at radius 3 is 1.10 bits per heavy atom. The molecular formula is C56H31N5. The molecule has 10 aromatic carbocycles. The summed E-state index contributed by atoms with van der Waals surface area (Å²) in [4.78, 5) is 0. The Bertz CT molecular complexity index is 4140. The zero-order chi connectivity index (χ0) is 40.3. The van der Waals surface area contributed by atoms with Gasteiger partial charge in [0, 0.05) is 32.3 Å². The maximum atomic E-state index is 11.9. The molecule has 13 rings (SSSR count). The molecule has 5 heteroatoms. The van der Waals surface area contributed by atoms with Gasteiger partial charge in [0.2, 0.25) is 0 Å². The minimum Gasteiger partial charge on any atom is -0.308 e. The summed E-state index contributed by atoms with van der Waals surface area (Å²) < 4.78 is 6.68. The van der Waals surface area contributed by atoms with Crippen LogP contribution in [-0.4, -0.2) is 13.7 Å². The first kappa shape index (κ1) is 33.3. The molecular weight excluding hydrogens is 743 g/mol. The summed E-state index contributed by atoms with van der Waals surface area (Å²) in [6, 6.07) is 71.1. The maximum absolute atomic E-state index is 11.9. The molecule has 0 spiro atoms. The molecule has 0 aliphatic rings. The van der Waals surface area contributed by atoms with Crippen molar-refractivity contribution in [3.05, 3.63) is 199 Å². The molecule has 5 nitrogen and oxygen atoms in total. The largest absolute Gasteiger partial charge is 0.308 e. The van der Waals surface area contributed by atoms with Crippen molar-refractivity contribution in [2.75, 3.05) is 0 Å². The molecule has 0 N–H and O–H groups in total. The highest BCUT2D eigenvalue weighted by molar-refractivity contribution is 6.24. The highest BCUT2D eigenvalue weighted by Crippen LogP contribution is 2.46. The Labute approximate surface area is 349 Å². The van der Waals surface area contributed by atoms with Crippen molar-refractivity contribution in [2.45, 2.75) is 0 Å². The Kier molecular flexibility index (Phi) is 6.80. The lowest BCUT2D eigenvalue weighted by Crippen LogP contribution is -2.12. The van der Waals surface area contributed by atoms with Crippen LogP contribution < -0.4 is 0 Å². The molecule has 0 aliphatic carbocycles. The highest BCUT2D eigenvalue weighted by Gasteiger charge is 2.29. The van der Waals surface area contributed by atoms with Gasteiger partial charge >= 0.3 is 0 Å². The molecule has 0 atom stereocenters. The fourth-order valence-electron chi connectivity index (χ4n) is 10.4. The van der Waals surface area contributed by atoms with E-state index in [4.69, 9.17) is 0 Å². The second-order valence-corrected chi connectivity index (χ2v) is 15.8. The smallest absolute Gasteiger partial charge is 0.104 e. The molecule has 3 aromatic heterocycles. The highest BCUT2D eigenvalue weighted by atomic mass is 15.1. The first-order valence-corrected chi connectivity index (χ1v) is 20.5. The van der Waals surface area contributed by atoms with Gasteiger partial charge in [-0.1, -0.05) is 146 Å². The van der Waals surface area contributed by atoms with Crippen LogP contribution in [0, 0.1) is 22.7 Å². The molecule has 0 fully saturated rings. The molecule has 0 bridgehead atoms. The van der Waals surface area contributed by atoms with E-state index in [-0.39, 0.29) is 0 Å². The second-order valence-electron chi connectivity index (χ2n) is 15.8. The van der Waals surface area contributed by atoms with Crippen molar-refractivity contribution in [1.82, 2.24) is 13.7 Å². The van der Waals surface area contributed by atoms with E-state index < -0.39 is 0 Å². The number of benzene rings is 10. The Hall–Kier alpha value is -8.64. The van der Waals surface area contributed by atoms with Crippen LogP contribution in [0.25, 0.3) is 115 Å². The summed E-state index contributed by atoms with van der Waals surface area (Å²) in [5.41, 5.74) is 8.64. The molecule has 3 heterocycles. The van der Waals surface area contributed by atoms with Crippen LogP contribution in [0.3, 0.4) is 0 Å². The lowest BCUT2D eigenvalue weighted by molar-refractivity contribution is 1.06. The van der Waals surface area contributed by atoms with Crippen molar-refractivity contribution >= 4 is 97.7 Å². The fourth-order valence-corrected chi connectivity index (χ4v) is 10.4. The summed E-state index contributed by atoms with van der Waals surface area (Å²) in [7, 11) is 0. The van der Waals surface area contributed by atoms with E-state index in [9.17, 15) is 10.5 Å². The lowest BCUT2D eigenvalue weighted by Gasteiger charge is -2.22. The summed E-state index contributed by atoms with van der Waals surface area (Å²) in [5, 5.41) is 36.9. The quantitative estimate of drug-likeness (QED) is 0.179. The number of fused-ring (bicyclic) bond motifs is 15. The third-order valence-corrected chi connectivity index (χ3v) is 12.9. The van der Waals surface area contributed by atoms with Gasteiger partial charge in [0.1, 0.15) is 17.7 Å². The Morgan fingerprint density at radius 1 is 0.311 bits per heavy atom. The fraction of sp³-hybridized carbons (Fsp3) is 0. The summed E-state index contributed by atoms with van der Waals surface area (Å²) in [6.45, 7) is 0.